The summed E-state index contributed by atoms with van der Waals surface area (Å²) < 4.78 is 0.832. The summed E-state index contributed by atoms with van der Waals surface area (Å²) in [6.45, 7) is 1.76. The highest BCUT2D eigenvalue weighted by Gasteiger charge is 2.09. The molecule has 1 aromatic carbocycles. The van der Waals surface area contributed by atoms with Crippen LogP contribution in [0.25, 0.3) is 0 Å². The van der Waals surface area contributed by atoms with Gasteiger partial charge in [0, 0.05) is 9.50 Å². The zero-order valence-electron chi connectivity index (χ0n) is 7.42. The molecule has 0 spiro atoms. The van der Waals surface area contributed by atoms with Crippen molar-refractivity contribution >= 4 is 33.6 Å². The second kappa shape index (κ2) is 4.66. The summed E-state index contributed by atoms with van der Waals surface area (Å²) in [5, 5.41) is 11.5. The maximum absolute atomic E-state index is 10.4. The first kappa shape index (κ1) is 11.3. The normalized spacial score (nSPS) is 12.2. The quantitative estimate of drug-likeness (QED) is 0.871. The van der Waals surface area contributed by atoms with Crippen molar-refractivity contribution in [2.75, 3.05) is 0 Å². The van der Waals surface area contributed by atoms with Crippen LogP contribution in [-0.4, -0.2) is 11.2 Å². The summed E-state index contributed by atoms with van der Waals surface area (Å²) >= 11 is 9.11. The Morgan fingerprint density at radius 3 is 2.71 bits per heavy atom. The van der Waals surface area contributed by atoms with Gasteiger partial charge in [0.1, 0.15) is 0 Å². The Labute approximate surface area is 95.2 Å². The van der Waals surface area contributed by atoms with Gasteiger partial charge in [-0.25, -0.2) is 4.79 Å². The first-order valence-corrected chi connectivity index (χ1v) is 5.11. The molecular weight excluding hydrogens is 269 g/mol. The Balaban J connectivity index is 2.89. The minimum Gasteiger partial charge on any atom is -0.465 e. The zero-order valence-corrected chi connectivity index (χ0v) is 9.76. The third kappa shape index (κ3) is 3.20. The second-order valence-electron chi connectivity index (χ2n) is 2.87. The van der Waals surface area contributed by atoms with Crippen LogP contribution >= 0.6 is 27.5 Å². The summed E-state index contributed by atoms with van der Waals surface area (Å²) in [7, 11) is 0. The molecular formula is C9H9BrClNO2. The topological polar surface area (TPSA) is 49.3 Å². The number of benzene rings is 1. The van der Waals surface area contributed by atoms with Crippen molar-refractivity contribution in [2.24, 2.45) is 0 Å². The van der Waals surface area contributed by atoms with Gasteiger partial charge in [-0.3, -0.25) is 0 Å². The van der Waals surface area contributed by atoms with Crippen LogP contribution < -0.4 is 5.32 Å². The fourth-order valence-electron chi connectivity index (χ4n) is 1.09. The van der Waals surface area contributed by atoms with Crippen molar-refractivity contribution in [3.63, 3.8) is 0 Å². The van der Waals surface area contributed by atoms with E-state index in [0.717, 1.165) is 10.0 Å². The minimum atomic E-state index is -1.05. The van der Waals surface area contributed by atoms with E-state index in [4.69, 9.17) is 16.7 Å². The van der Waals surface area contributed by atoms with E-state index >= 15 is 0 Å². The Bertz CT molecular complexity index is 336. The minimum absolute atomic E-state index is 0.275. The smallest absolute Gasteiger partial charge is 0.405 e. The molecule has 0 aliphatic heterocycles. The van der Waals surface area contributed by atoms with Crippen molar-refractivity contribution in [3.8, 4) is 0 Å². The second-order valence-corrected chi connectivity index (χ2v) is 4.23. The number of hydrogen-bond donors (Lipinski definition) is 2. The summed E-state index contributed by atoms with van der Waals surface area (Å²) in [4.78, 5) is 10.4. The van der Waals surface area contributed by atoms with E-state index in [0.29, 0.717) is 5.02 Å². The standard InChI is InChI=1S/C9H9BrClNO2/c1-5(12-9(13)14)6-2-7(10)4-8(11)3-6/h2-5,12H,1H3,(H,13,14). The van der Waals surface area contributed by atoms with E-state index in [1.165, 1.54) is 0 Å². The first-order chi connectivity index (χ1) is 6.49. The highest BCUT2D eigenvalue weighted by molar-refractivity contribution is 9.10. The number of nitrogens with one attached hydrogen (secondary N) is 1. The average Bonchev–Trinajstić information content (AvgIpc) is 2.00. The molecule has 14 heavy (non-hydrogen) atoms. The Morgan fingerprint density at radius 1 is 1.57 bits per heavy atom. The monoisotopic (exact) mass is 277 g/mol. The Hall–Kier alpha value is -0.740. The maximum Gasteiger partial charge on any atom is 0.405 e. The van der Waals surface area contributed by atoms with Crippen LogP contribution in [0, 0.1) is 0 Å². The van der Waals surface area contributed by atoms with Gasteiger partial charge >= 0.3 is 6.09 Å². The summed E-state index contributed by atoms with van der Waals surface area (Å²) in [6.07, 6.45) is -1.05. The average molecular weight is 279 g/mol. The number of carbonyl (C=O) groups is 1. The van der Waals surface area contributed by atoms with E-state index in [9.17, 15) is 4.79 Å². The van der Waals surface area contributed by atoms with Crippen LogP contribution in [0.5, 0.6) is 0 Å². The molecule has 1 atom stereocenters. The van der Waals surface area contributed by atoms with Gasteiger partial charge in [0.2, 0.25) is 0 Å². The summed E-state index contributed by atoms with van der Waals surface area (Å²) in [6, 6.07) is 5.03. The van der Waals surface area contributed by atoms with Crippen LogP contribution in [0.4, 0.5) is 4.79 Å². The van der Waals surface area contributed by atoms with Crippen LogP contribution in [0.1, 0.15) is 18.5 Å². The Kier molecular flexibility index (Phi) is 3.77. The van der Waals surface area contributed by atoms with E-state index in [1.807, 2.05) is 6.07 Å². The van der Waals surface area contributed by atoms with Crippen LogP contribution in [0.3, 0.4) is 0 Å². The molecule has 0 aliphatic carbocycles. The van der Waals surface area contributed by atoms with Gasteiger partial charge in [-0.05, 0) is 30.7 Å². The summed E-state index contributed by atoms with van der Waals surface area (Å²) in [5.41, 5.74) is 0.826. The third-order valence-corrected chi connectivity index (χ3v) is 2.40. The van der Waals surface area contributed by atoms with Gasteiger partial charge in [-0.15, -0.1) is 0 Å². The van der Waals surface area contributed by atoms with Crippen molar-refractivity contribution in [3.05, 3.63) is 33.3 Å². The molecule has 0 heterocycles. The lowest BCUT2D eigenvalue weighted by atomic mass is 10.1. The number of carboxylic acid groups (broad SMARTS) is 1. The largest absolute Gasteiger partial charge is 0.465 e. The predicted molar refractivity (Wildman–Crippen MR) is 58.7 cm³/mol. The highest BCUT2D eigenvalue weighted by Crippen LogP contribution is 2.23. The molecule has 2 N–H and O–H groups in total. The lowest BCUT2D eigenvalue weighted by Crippen LogP contribution is -2.24. The van der Waals surface area contributed by atoms with Crippen molar-refractivity contribution in [2.45, 2.75) is 13.0 Å². The molecule has 1 aromatic rings. The van der Waals surface area contributed by atoms with E-state index < -0.39 is 6.09 Å². The fourth-order valence-corrected chi connectivity index (χ4v) is 1.98. The first-order valence-electron chi connectivity index (χ1n) is 3.94. The number of halogens is 2. The fraction of sp³-hybridized carbons (Fsp3) is 0.222. The molecule has 1 amide bonds. The molecule has 1 unspecified atom stereocenters. The van der Waals surface area contributed by atoms with E-state index in [2.05, 4.69) is 21.2 Å². The molecule has 0 aliphatic rings. The van der Waals surface area contributed by atoms with Crippen LogP contribution in [0.15, 0.2) is 22.7 Å². The van der Waals surface area contributed by atoms with Crippen LogP contribution in [0.2, 0.25) is 5.02 Å². The lowest BCUT2D eigenvalue weighted by molar-refractivity contribution is 0.191. The molecule has 1 rings (SSSR count). The van der Waals surface area contributed by atoms with Gasteiger partial charge in [-0.2, -0.15) is 0 Å². The van der Waals surface area contributed by atoms with Crippen molar-refractivity contribution in [1.82, 2.24) is 5.32 Å². The molecule has 0 saturated heterocycles. The molecule has 5 heteroatoms. The summed E-state index contributed by atoms with van der Waals surface area (Å²) in [5.74, 6) is 0. The predicted octanol–water partition coefficient (Wildman–Crippen LogP) is 3.43. The van der Waals surface area contributed by atoms with Crippen molar-refractivity contribution < 1.29 is 9.90 Å². The molecule has 0 saturated carbocycles. The Morgan fingerprint density at radius 2 is 2.21 bits per heavy atom. The van der Waals surface area contributed by atoms with Gasteiger partial charge in [0.05, 0.1) is 6.04 Å². The number of amides is 1. The van der Waals surface area contributed by atoms with E-state index in [1.54, 1.807) is 19.1 Å². The van der Waals surface area contributed by atoms with Crippen LogP contribution in [-0.2, 0) is 0 Å². The molecule has 0 fully saturated rings. The third-order valence-electron chi connectivity index (χ3n) is 1.72. The zero-order chi connectivity index (χ0) is 10.7. The lowest BCUT2D eigenvalue weighted by Gasteiger charge is -2.12. The van der Waals surface area contributed by atoms with Gasteiger partial charge < -0.3 is 10.4 Å². The highest BCUT2D eigenvalue weighted by atomic mass is 79.9. The number of rotatable bonds is 2. The van der Waals surface area contributed by atoms with Gasteiger partial charge in [0.25, 0.3) is 0 Å². The molecule has 3 nitrogen and oxygen atoms in total. The van der Waals surface area contributed by atoms with Gasteiger partial charge in [-0.1, -0.05) is 27.5 Å². The molecule has 0 bridgehead atoms. The maximum atomic E-state index is 10.4. The number of hydrogen-bond acceptors (Lipinski definition) is 1. The molecule has 76 valence electrons. The van der Waals surface area contributed by atoms with Crippen molar-refractivity contribution in [1.29, 1.82) is 0 Å². The molecule has 0 aromatic heterocycles. The van der Waals surface area contributed by atoms with Gasteiger partial charge in [0.15, 0.2) is 0 Å². The SMILES string of the molecule is CC(NC(=O)O)c1cc(Cl)cc(Br)c1. The molecule has 0 radical (unpaired) electrons. The van der Waals surface area contributed by atoms with E-state index in [-0.39, 0.29) is 6.04 Å².